The molecule has 1 heterocycles. The summed E-state index contributed by atoms with van der Waals surface area (Å²) in [6, 6.07) is 2.80. The Morgan fingerprint density at radius 3 is 2.52 bits per heavy atom. The Balaban J connectivity index is 2.37. The van der Waals surface area contributed by atoms with Crippen LogP contribution in [-0.2, 0) is 17.1 Å². The molecule has 2 aromatic rings. The number of halogens is 2. The standard InChI is InChI=1S/C12H12F2N4O6S/c1-17-11(23-2)15-18(12(17)20)10(19)16-25(21,22)8-6-4-3-5-7(8)24-9(13)14/h3-6,9H,1-2H3,(H,16,19). The number of ether oxygens (including phenoxy) is 2. The highest BCUT2D eigenvalue weighted by Gasteiger charge is 2.26. The first-order chi connectivity index (χ1) is 11.7. The average Bonchev–Trinajstić information content (AvgIpc) is 2.82. The molecular formula is C12H12F2N4O6S. The van der Waals surface area contributed by atoms with E-state index in [1.54, 1.807) is 4.72 Å². The fraction of sp³-hybridized carbons (Fsp3) is 0.250. The molecular weight excluding hydrogens is 366 g/mol. The second-order valence-corrected chi connectivity index (χ2v) is 6.13. The van der Waals surface area contributed by atoms with Crippen LogP contribution in [0.25, 0.3) is 0 Å². The second kappa shape index (κ2) is 6.88. The molecule has 0 aliphatic carbocycles. The zero-order chi connectivity index (χ0) is 18.8. The Labute approximate surface area is 139 Å². The highest BCUT2D eigenvalue weighted by Crippen LogP contribution is 2.24. The van der Waals surface area contributed by atoms with Gasteiger partial charge < -0.3 is 9.47 Å². The molecule has 0 saturated heterocycles. The van der Waals surface area contributed by atoms with Gasteiger partial charge in [0.15, 0.2) is 0 Å². The summed E-state index contributed by atoms with van der Waals surface area (Å²) in [4.78, 5) is 23.1. The van der Waals surface area contributed by atoms with E-state index in [4.69, 9.17) is 4.74 Å². The van der Waals surface area contributed by atoms with Crippen LogP contribution in [0.1, 0.15) is 0 Å². The minimum atomic E-state index is -4.62. The maximum Gasteiger partial charge on any atom is 0.387 e. The number of nitrogens with zero attached hydrogens (tertiary/aromatic N) is 3. The summed E-state index contributed by atoms with van der Waals surface area (Å²) in [5.41, 5.74) is -0.971. The first-order valence-corrected chi connectivity index (χ1v) is 7.96. The molecule has 0 spiro atoms. The number of para-hydroxylation sites is 1. The Morgan fingerprint density at radius 1 is 1.32 bits per heavy atom. The van der Waals surface area contributed by atoms with E-state index >= 15 is 0 Å². The number of aromatic nitrogens is 3. The van der Waals surface area contributed by atoms with Crippen molar-refractivity contribution in [3.8, 4) is 11.8 Å². The van der Waals surface area contributed by atoms with Gasteiger partial charge in [0, 0.05) is 7.05 Å². The molecule has 13 heteroatoms. The maximum absolute atomic E-state index is 12.4. The van der Waals surface area contributed by atoms with Gasteiger partial charge in [-0.1, -0.05) is 12.1 Å². The molecule has 0 bridgehead atoms. The summed E-state index contributed by atoms with van der Waals surface area (Å²) in [5, 5.41) is 3.49. The zero-order valence-corrected chi connectivity index (χ0v) is 13.7. The number of alkyl halides is 2. The molecule has 0 unspecified atom stereocenters. The number of sulfonamides is 1. The van der Waals surface area contributed by atoms with Crippen molar-refractivity contribution in [3.05, 3.63) is 34.7 Å². The lowest BCUT2D eigenvalue weighted by atomic mass is 10.3. The van der Waals surface area contributed by atoms with Gasteiger partial charge in [-0.15, -0.1) is 9.78 Å². The van der Waals surface area contributed by atoms with Gasteiger partial charge in [-0.3, -0.25) is 0 Å². The van der Waals surface area contributed by atoms with Crippen LogP contribution in [0.3, 0.4) is 0 Å². The summed E-state index contributed by atoms with van der Waals surface area (Å²) in [6.07, 6.45) is 0. The molecule has 1 aromatic carbocycles. The molecule has 1 amide bonds. The fourth-order valence-electron chi connectivity index (χ4n) is 1.81. The van der Waals surface area contributed by atoms with Crippen LogP contribution in [0.5, 0.6) is 11.8 Å². The molecule has 1 aromatic heterocycles. The van der Waals surface area contributed by atoms with Gasteiger partial charge in [-0.2, -0.15) is 8.78 Å². The lowest BCUT2D eigenvalue weighted by Crippen LogP contribution is -2.40. The molecule has 10 nitrogen and oxygen atoms in total. The molecule has 25 heavy (non-hydrogen) atoms. The molecule has 0 radical (unpaired) electrons. The fourth-order valence-corrected chi connectivity index (χ4v) is 2.87. The van der Waals surface area contributed by atoms with Gasteiger partial charge in [0.05, 0.1) is 7.11 Å². The predicted octanol–water partition coefficient (Wildman–Crippen LogP) is 0.138. The molecule has 136 valence electrons. The van der Waals surface area contributed by atoms with Gasteiger partial charge in [0.1, 0.15) is 10.6 Å². The van der Waals surface area contributed by atoms with Crippen LogP contribution in [-0.4, -0.2) is 42.5 Å². The van der Waals surface area contributed by atoms with Crippen molar-refractivity contribution >= 4 is 16.1 Å². The second-order valence-electron chi connectivity index (χ2n) is 4.48. The van der Waals surface area contributed by atoms with Crippen molar-refractivity contribution in [2.45, 2.75) is 11.5 Å². The van der Waals surface area contributed by atoms with E-state index in [-0.39, 0.29) is 10.7 Å². The van der Waals surface area contributed by atoms with Crippen molar-refractivity contribution in [3.63, 3.8) is 0 Å². The summed E-state index contributed by atoms with van der Waals surface area (Å²) in [6.45, 7) is -3.27. The number of carbonyl (C=O) groups excluding carboxylic acids is 1. The number of hydrogen-bond donors (Lipinski definition) is 1. The van der Waals surface area contributed by atoms with E-state index < -0.39 is 39.0 Å². The van der Waals surface area contributed by atoms with Gasteiger partial charge in [-0.05, 0) is 12.1 Å². The third-order valence-corrected chi connectivity index (χ3v) is 4.25. The SMILES string of the molecule is COc1nn(C(=O)NS(=O)(=O)c2ccccc2OC(F)F)c(=O)n1C. The van der Waals surface area contributed by atoms with E-state index in [0.29, 0.717) is 0 Å². The van der Waals surface area contributed by atoms with Crippen LogP contribution in [0.4, 0.5) is 13.6 Å². The number of hydrogen-bond acceptors (Lipinski definition) is 7. The molecule has 0 saturated carbocycles. The van der Waals surface area contributed by atoms with Crippen LogP contribution < -0.4 is 19.9 Å². The number of carbonyl (C=O) groups is 1. The molecule has 0 aliphatic rings. The number of nitrogens with one attached hydrogen (secondary N) is 1. The number of benzene rings is 1. The highest BCUT2D eigenvalue weighted by molar-refractivity contribution is 7.90. The van der Waals surface area contributed by atoms with Gasteiger partial charge in [0.2, 0.25) is 0 Å². The van der Waals surface area contributed by atoms with E-state index in [2.05, 4.69) is 9.84 Å². The van der Waals surface area contributed by atoms with Crippen molar-refractivity contribution in [1.82, 2.24) is 19.1 Å². The van der Waals surface area contributed by atoms with Crippen molar-refractivity contribution in [2.75, 3.05) is 7.11 Å². The minimum absolute atomic E-state index is 0.215. The molecule has 2 rings (SSSR count). The number of rotatable bonds is 5. The average molecular weight is 378 g/mol. The normalized spacial score (nSPS) is 11.4. The highest BCUT2D eigenvalue weighted by atomic mass is 32.2. The van der Waals surface area contributed by atoms with Crippen LogP contribution >= 0.6 is 0 Å². The molecule has 0 aliphatic heterocycles. The van der Waals surface area contributed by atoms with Crippen LogP contribution in [0.15, 0.2) is 34.0 Å². The van der Waals surface area contributed by atoms with Crippen molar-refractivity contribution < 1.29 is 31.5 Å². The van der Waals surface area contributed by atoms with Crippen molar-refractivity contribution in [1.29, 1.82) is 0 Å². The number of amides is 1. The Bertz CT molecular complexity index is 953. The summed E-state index contributed by atoms with van der Waals surface area (Å²) in [5.74, 6) is -0.663. The van der Waals surface area contributed by atoms with Crippen LogP contribution in [0.2, 0.25) is 0 Å². The largest absolute Gasteiger partial charge is 0.467 e. The molecule has 0 atom stereocenters. The lowest BCUT2D eigenvalue weighted by Gasteiger charge is -2.11. The maximum atomic E-state index is 12.4. The molecule has 1 N–H and O–H groups in total. The van der Waals surface area contributed by atoms with Crippen molar-refractivity contribution in [2.24, 2.45) is 7.05 Å². The van der Waals surface area contributed by atoms with Gasteiger partial charge in [-0.25, -0.2) is 27.3 Å². The third kappa shape index (κ3) is 3.76. The van der Waals surface area contributed by atoms with E-state index in [1.165, 1.54) is 26.3 Å². The monoisotopic (exact) mass is 378 g/mol. The predicted molar refractivity (Wildman–Crippen MR) is 78.2 cm³/mol. The van der Waals surface area contributed by atoms with E-state index in [0.717, 1.165) is 16.7 Å². The van der Waals surface area contributed by atoms with E-state index in [1.807, 2.05) is 0 Å². The summed E-state index contributed by atoms with van der Waals surface area (Å²) in [7, 11) is -2.18. The topological polar surface area (TPSA) is 122 Å². The quantitative estimate of drug-likeness (QED) is 0.785. The molecule has 0 fully saturated rings. The lowest BCUT2D eigenvalue weighted by molar-refractivity contribution is -0.0517. The number of methoxy groups -OCH3 is 1. The summed E-state index contributed by atoms with van der Waals surface area (Å²) >= 11 is 0. The third-order valence-electron chi connectivity index (χ3n) is 2.89. The summed E-state index contributed by atoms with van der Waals surface area (Å²) < 4.78 is 60.7. The Kier molecular flexibility index (Phi) is 5.06. The zero-order valence-electron chi connectivity index (χ0n) is 12.8. The van der Waals surface area contributed by atoms with E-state index in [9.17, 15) is 26.8 Å². The Morgan fingerprint density at radius 2 is 1.96 bits per heavy atom. The first-order valence-electron chi connectivity index (χ1n) is 6.48. The smallest absolute Gasteiger partial charge is 0.387 e. The van der Waals surface area contributed by atoms with Crippen LogP contribution in [0, 0.1) is 0 Å². The first kappa shape index (κ1) is 18.4. The Hall–Kier alpha value is -2.96. The van der Waals surface area contributed by atoms with Gasteiger partial charge >= 0.3 is 24.3 Å². The van der Waals surface area contributed by atoms with Gasteiger partial charge in [0.25, 0.3) is 10.0 Å². The minimum Gasteiger partial charge on any atom is -0.467 e.